The quantitative estimate of drug-likeness (QED) is 0.582. The number of benzene rings is 1. The van der Waals surface area contributed by atoms with Crippen LogP contribution in [0.1, 0.15) is 71.7 Å². The largest absolute Gasteiger partial charge is 0.491 e. The molecule has 5 N–H and O–H groups in total. The van der Waals surface area contributed by atoms with Gasteiger partial charge in [0.1, 0.15) is 10.8 Å². The van der Waals surface area contributed by atoms with Gasteiger partial charge in [-0.15, -0.1) is 11.3 Å². The molecule has 1 heterocycles. The summed E-state index contributed by atoms with van der Waals surface area (Å²) in [5.41, 5.74) is 14.2. The fourth-order valence-corrected chi connectivity index (χ4v) is 5.21. The summed E-state index contributed by atoms with van der Waals surface area (Å²) >= 11 is 1.46. The van der Waals surface area contributed by atoms with E-state index in [0.29, 0.717) is 40.1 Å². The van der Waals surface area contributed by atoms with Crippen molar-refractivity contribution >= 4 is 33.8 Å². The highest BCUT2D eigenvalue weighted by molar-refractivity contribution is 7.17. The van der Waals surface area contributed by atoms with Crippen molar-refractivity contribution in [2.45, 2.75) is 53.4 Å². The Kier molecular flexibility index (Phi) is 6.41. The maximum atomic E-state index is 12.8. The zero-order chi connectivity index (χ0) is 22.1. The predicted octanol–water partition coefficient (Wildman–Crippen LogP) is 4.62. The lowest BCUT2D eigenvalue weighted by Gasteiger charge is -2.33. The lowest BCUT2D eigenvalue weighted by atomic mass is 9.72. The number of fused-ring (bicyclic) bond motifs is 1. The van der Waals surface area contributed by atoms with E-state index in [1.54, 1.807) is 18.2 Å². The second-order valence-electron chi connectivity index (χ2n) is 8.93. The zero-order valence-electron chi connectivity index (χ0n) is 18.1. The number of hydrogen-bond acceptors (Lipinski definition) is 5. The number of nitrogen functional groups attached to an aromatic ring is 1. The molecule has 1 unspecified atom stereocenters. The summed E-state index contributed by atoms with van der Waals surface area (Å²) in [4.78, 5) is 26.2. The number of carbonyl (C=O) groups excluding carboxylic acids is 2. The molecule has 0 bridgehead atoms. The van der Waals surface area contributed by atoms with Crippen molar-refractivity contribution in [3.63, 3.8) is 0 Å². The summed E-state index contributed by atoms with van der Waals surface area (Å²) in [6.07, 6.45) is 3.59. The van der Waals surface area contributed by atoms with Crippen molar-refractivity contribution in [2.24, 2.45) is 17.1 Å². The standard InChI is InChI=1S/C23H31N3O3S/c1-5-10-29-17-9-6-13(11-16(17)24)21(28)26-22-19(20(25)27)15-8-7-14(23(2,3)4)12-18(15)30-22/h6,9,11,14H,5,7-8,10,12,24H2,1-4H3,(H2,25,27)(H,26,28). The van der Waals surface area contributed by atoms with Crippen LogP contribution >= 0.6 is 11.3 Å². The van der Waals surface area contributed by atoms with Crippen molar-refractivity contribution in [3.05, 3.63) is 39.8 Å². The molecule has 7 heteroatoms. The number of primary amides is 1. The summed E-state index contributed by atoms with van der Waals surface area (Å²) in [6.45, 7) is 9.30. The average molecular weight is 430 g/mol. The summed E-state index contributed by atoms with van der Waals surface area (Å²) in [5, 5.41) is 3.42. The van der Waals surface area contributed by atoms with Crippen molar-refractivity contribution in [3.8, 4) is 5.75 Å². The molecular formula is C23H31N3O3S. The van der Waals surface area contributed by atoms with E-state index in [4.69, 9.17) is 16.2 Å². The van der Waals surface area contributed by atoms with Crippen LogP contribution in [0.4, 0.5) is 10.7 Å². The molecule has 1 aromatic carbocycles. The average Bonchev–Trinajstić information content (AvgIpc) is 3.03. The van der Waals surface area contributed by atoms with E-state index in [-0.39, 0.29) is 11.3 Å². The molecule has 1 aliphatic carbocycles. The van der Waals surface area contributed by atoms with Gasteiger partial charge in [0.05, 0.1) is 17.9 Å². The number of nitrogens with one attached hydrogen (secondary N) is 1. The first kappa shape index (κ1) is 22.2. The van der Waals surface area contributed by atoms with Gasteiger partial charge in [0, 0.05) is 10.4 Å². The fraction of sp³-hybridized carbons (Fsp3) is 0.478. The zero-order valence-corrected chi connectivity index (χ0v) is 18.9. The van der Waals surface area contributed by atoms with E-state index < -0.39 is 5.91 Å². The summed E-state index contributed by atoms with van der Waals surface area (Å²) in [5.74, 6) is 0.270. The molecule has 0 saturated carbocycles. The van der Waals surface area contributed by atoms with Crippen LogP contribution < -0.4 is 21.5 Å². The van der Waals surface area contributed by atoms with Gasteiger partial charge in [-0.1, -0.05) is 27.7 Å². The Morgan fingerprint density at radius 2 is 2.03 bits per heavy atom. The fourth-order valence-electron chi connectivity index (χ4n) is 3.88. The van der Waals surface area contributed by atoms with Gasteiger partial charge >= 0.3 is 0 Å². The van der Waals surface area contributed by atoms with E-state index in [2.05, 4.69) is 26.1 Å². The lowest BCUT2D eigenvalue weighted by molar-refractivity contribution is 0.1000. The Morgan fingerprint density at radius 3 is 2.63 bits per heavy atom. The first-order valence-corrected chi connectivity index (χ1v) is 11.2. The van der Waals surface area contributed by atoms with Crippen LogP contribution in [0.3, 0.4) is 0 Å². The van der Waals surface area contributed by atoms with Crippen LogP contribution in [0.15, 0.2) is 18.2 Å². The second-order valence-corrected chi connectivity index (χ2v) is 10.0. The van der Waals surface area contributed by atoms with Crippen LogP contribution in [0.5, 0.6) is 5.75 Å². The summed E-state index contributed by atoms with van der Waals surface area (Å²) in [7, 11) is 0. The number of amides is 2. The molecule has 0 saturated heterocycles. The van der Waals surface area contributed by atoms with Crippen LogP contribution in [-0.4, -0.2) is 18.4 Å². The van der Waals surface area contributed by atoms with Crippen molar-refractivity contribution in [1.82, 2.24) is 0 Å². The molecule has 0 spiro atoms. The molecule has 3 rings (SSSR count). The molecule has 1 aromatic heterocycles. The van der Waals surface area contributed by atoms with E-state index >= 15 is 0 Å². The normalized spacial score (nSPS) is 16.1. The smallest absolute Gasteiger partial charge is 0.256 e. The Morgan fingerprint density at radius 1 is 1.30 bits per heavy atom. The SMILES string of the molecule is CCCOc1ccc(C(=O)Nc2sc3c(c2C(N)=O)CCC(C(C)(C)C)C3)cc1N. The number of nitrogens with two attached hydrogens (primary N) is 2. The van der Waals surface area contributed by atoms with Gasteiger partial charge in [-0.2, -0.15) is 0 Å². The number of anilines is 2. The molecular weight excluding hydrogens is 398 g/mol. The Balaban J connectivity index is 1.85. The Labute approximate surface area is 182 Å². The molecule has 0 radical (unpaired) electrons. The van der Waals surface area contributed by atoms with Gasteiger partial charge < -0.3 is 21.5 Å². The first-order valence-electron chi connectivity index (χ1n) is 10.4. The predicted molar refractivity (Wildman–Crippen MR) is 122 cm³/mol. The highest BCUT2D eigenvalue weighted by atomic mass is 32.1. The highest BCUT2D eigenvalue weighted by Crippen LogP contribution is 2.44. The van der Waals surface area contributed by atoms with Gasteiger partial charge in [-0.3, -0.25) is 9.59 Å². The van der Waals surface area contributed by atoms with E-state index in [9.17, 15) is 9.59 Å². The summed E-state index contributed by atoms with van der Waals surface area (Å²) < 4.78 is 5.57. The maximum absolute atomic E-state index is 12.8. The van der Waals surface area contributed by atoms with Crippen molar-refractivity contribution in [1.29, 1.82) is 0 Å². The lowest BCUT2D eigenvalue weighted by Crippen LogP contribution is -2.27. The van der Waals surface area contributed by atoms with E-state index in [0.717, 1.165) is 36.1 Å². The molecule has 0 aliphatic heterocycles. The third-order valence-electron chi connectivity index (χ3n) is 5.70. The Hall–Kier alpha value is -2.54. The van der Waals surface area contributed by atoms with Gasteiger partial charge in [0.25, 0.3) is 11.8 Å². The number of hydrogen-bond donors (Lipinski definition) is 3. The Bertz CT molecular complexity index is 959. The van der Waals surface area contributed by atoms with Crippen LogP contribution in [0.25, 0.3) is 0 Å². The topological polar surface area (TPSA) is 107 Å². The summed E-state index contributed by atoms with van der Waals surface area (Å²) in [6, 6.07) is 4.96. The van der Waals surface area contributed by atoms with Gasteiger partial charge in [-0.05, 0) is 60.8 Å². The van der Waals surface area contributed by atoms with Crippen molar-refractivity contribution in [2.75, 3.05) is 17.7 Å². The maximum Gasteiger partial charge on any atom is 0.256 e. The van der Waals surface area contributed by atoms with Gasteiger partial charge in [-0.25, -0.2) is 0 Å². The third kappa shape index (κ3) is 4.61. The highest BCUT2D eigenvalue weighted by Gasteiger charge is 2.33. The van der Waals surface area contributed by atoms with Crippen molar-refractivity contribution < 1.29 is 14.3 Å². The minimum absolute atomic E-state index is 0.192. The molecule has 0 fully saturated rings. The molecule has 1 atom stereocenters. The number of rotatable bonds is 6. The molecule has 2 amide bonds. The van der Waals surface area contributed by atoms with Crippen LogP contribution in [-0.2, 0) is 12.8 Å². The van der Waals surface area contributed by atoms with E-state index in [1.807, 2.05) is 6.92 Å². The number of thiophene rings is 1. The first-order chi connectivity index (χ1) is 14.1. The molecule has 162 valence electrons. The monoisotopic (exact) mass is 429 g/mol. The minimum Gasteiger partial charge on any atom is -0.491 e. The van der Waals surface area contributed by atoms with Gasteiger partial charge in [0.2, 0.25) is 0 Å². The van der Waals surface area contributed by atoms with E-state index in [1.165, 1.54) is 11.3 Å². The second kappa shape index (κ2) is 8.68. The minimum atomic E-state index is -0.500. The van der Waals surface area contributed by atoms with Crippen LogP contribution in [0.2, 0.25) is 0 Å². The van der Waals surface area contributed by atoms with Gasteiger partial charge in [0.15, 0.2) is 0 Å². The number of ether oxygens (including phenoxy) is 1. The number of carbonyl (C=O) groups is 2. The van der Waals surface area contributed by atoms with Crippen LogP contribution in [0, 0.1) is 11.3 Å². The molecule has 2 aromatic rings. The molecule has 1 aliphatic rings. The molecule has 30 heavy (non-hydrogen) atoms. The molecule has 6 nitrogen and oxygen atoms in total. The third-order valence-corrected chi connectivity index (χ3v) is 6.87.